The Labute approximate surface area is 122 Å². The first-order chi connectivity index (χ1) is 9.43. The molecule has 1 aromatic rings. The third kappa shape index (κ3) is 3.30. The highest BCUT2D eigenvalue weighted by Crippen LogP contribution is 2.25. The van der Waals surface area contributed by atoms with Crippen LogP contribution in [0.25, 0.3) is 0 Å². The third-order valence-electron chi connectivity index (χ3n) is 3.73. The molecule has 1 heterocycles. The molecule has 1 atom stereocenters. The number of ether oxygens (including phenoxy) is 2. The number of aryl methyl sites for hydroxylation is 1. The Morgan fingerprint density at radius 1 is 1.30 bits per heavy atom. The van der Waals surface area contributed by atoms with Crippen LogP contribution in [0.1, 0.15) is 35.2 Å². The first-order valence-electron chi connectivity index (χ1n) is 7.31. The van der Waals surface area contributed by atoms with Gasteiger partial charge in [0.25, 0.3) is 0 Å². The zero-order valence-corrected chi connectivity index (χ0v) is 13.9. The average Bonchev–Trinajstić information content (AvgIpc) is 2.39. The van der Waals surface area contributed by atoms with Crippen molar-refractivity contribution in [1.29, 1.82) is 0 Å². The van der Waals surface area contributed by atoms with Crippen molar-refractivity contribution in [2.24, 2.45) is 0 Å². The van der Waals surface area contributed by atoms with Gasteiger partial charge in [-0.05, 0) is 30.5 Å². The molecule has 0 aromatic heterocycles. The number of hydrogen-bond acceptors (Lipinski definition) is 3. The first kappa shape index (κ1) is 15.3. The van der Waals surface area contributed by atoms with E-state index in [2.05, 4.69) is 25.7 Å². The maximum Gasteiger partial charge on any atom is 0.199 e. The van der Waals surface area contributed by atoms with E-state index in [-0.39, 0.29) is 6.29 Å². The van der Waals surface area contributed by atoms with Crippen LogP contribution in [0.4, 0.5) is 0 Å². The van der Waals surface area contributed by atoms with Crippen LogP contribution < -0.4 is 9.92 Å². The summed E-state index contributed by atoms with van der Waals surface area (Å²) in [7, 11) is -1.57. The van der Waals surface area contributed by atoms with Crippen LogP contribution in [0.5, 0.6) is 5.75 Å². The van der Waals surface area contributed by atoms with Gasteiger partial charge in [-0.2, -0.15) is 0 Å². The van der Waals surface area contributed by atoms with Gasteiger partial charge in [0.15, 0.2) is 12.6 Å². The lowest BCUT2D eigenvalue weighted by Gasteiger charge is -2.28. The molecular formula is C16H24O3Si. The van der Waals surface area contributed by atoms with Gasteiger partial charge in [0.1, 0.15) is 5.75 Å². The summed E-state index contributed by atoms with van der Waals surface area (Å²) in [5.41, 5.74) is 1.65. The molecule has 1 aliphatic rings. The molecule has 1 saturated heterocycles. The van der Waals surface area contributed by atoms with E-state index < -0.39 is 8.07 Å². The van der Waals surface area contributed by atoms with Gasteiger partial charge in [-0.25, -0.2) is 0 Å². The molecular weight excluding hydrogens is 268 g/mol. The summed E-state index contributed by atoms with van der Waals surface area (Å²) in [6.45, 7) is 9.49. The van der Waals surface area contributed by atoms with Crippen LogP contribution in [0.2, 0.25) is 19.6 Å². The van der Waals surface area contributed by atoms with Gasteiger partial charge in [0.05, 0.1) is 20.2 Å². The molecule has 2 rings (SSSR count). The molecule has 4 heteroatoms. The van der Waals surface area contributed by atoms with Crippen LogP contribution in [0, 0.1) is 6.92 Å². The van der Waals surface area contributed by atoms with Gasteiger partial charge in [-0.3, -0.25) is 4.79 Å². The molecule has 0 radical (unpaired) electrons. The van der Waals surface area contributed by atoms with Gasteiger partial charge in [-0.15, -0.1) is 0 Å². The number of carbonyl (C=O) groups is 1. The van der Waals surface area contributed by atoms with Crippen molar-refractivity contribution in [2.75, 3.05) is 6.61 Å². The second kappa shape index (κ2) is 6.10. The molecule has 1 fully saturated rings. The fourth-order valence-corrected chi connectivity index (χ4v) is 3.96. The minimum absolute atomic E-state index is 0.209. The smallest absolute Gasteiger partial charge is 0.199 e. The van der Waals surface area contributed by atoms with Crippen LogP contribution in [-0.4, -0.2) is 27.3 Å². The van der Waals surface area contributed by atoms with Gasteiger partial charge in [-0.1, -0.05) is 31.8 Å². The first-order valence-corrected chi connectivity index (χ1v) is 10.8. The third-order valence-corrected chi connectivity index (χ3v) is 5.74. The summed E-state index contributed by atoms with van der Waals surface area (Å²) in [6, 6.07) is 4.14. The molecule has 0 bridgehead atoms. The van der Waals surface area contributed by atoms with Crippen LogP contribution in [0.3, 0.4) is 0 Å². The molecule has 1 aliphatic heterocycles. The topological polar surface area (TPSA) is 35.5 Å². The fourth-order valence-electron chi connectivity index (χ4n) is 2.50. The Morgan fingerprint density at radius 3 is 2.60 bits per heavy atom. The minimum Gasteiger partial charge on any atom is -0.464 e. The molecule has 0 amide bonds. The van der Waals surface area contributed by atoms with Crippen molar-refractivity contribution in [1.82, 2.24) is 0 Å². The standard InChI is InChI=1S/C16H24O3Si/c1-12-8-9-14(20(2,3)4)16(13(12)11-17)19-15-7-5-6-10-18-15/h8-9,11,15H,5-7,10H2,1-4H3. The van der Waals surface area contributed by atoms with E-state index in [4.69, 9.17) is 9.47 Å². The zero-order valence-electron chi connectivity index (χ0n) is 12.9. The quantitative estimate of drug-likeness (QED) is 0.631. The molecule has 3 nitrogen and oxygen atoms in total. The van der Waals surface area contributed by atoms with Crippen molar-refractivity contribution in [2.45, 2.75) is 52.1 Å². The normalized spacial score (nSPS) is 19.7. The molecule has 0 saturated carbocycles. The summed E-state index contributed by atoms with van der Waals surface area (Å²) < 4.78 is 11.8. The van der Waals surface area contributed by atoms with Crippen molar-refractivity contribution in [3.63, 3.8) is 0 Å². The minimum atomic E-state index is -1.57. The van der Waals surface area contributed by atoms with E-state index in [1.165, 1.54) is 5.19 Å². The summed E-state index contributed by atoms with van der Waals surface area (Å²) in [6.07, 6.45) is 3.82. The summed E-state index contributed by atoms with van der Waals surface area (Å²) in [5.74, 6) is 0.756. The van der Waals surface area contributed by atoms with Crippen molar-refractivity contribution in [3.05, 3.63) is 23.3 Å². The van der Waals surface area contributed by atoms with Gasteiger partial charge in [0.2, 0.25) is 0 Å². The average molecular weight is 292 g/mol. The lowest BCUT2D eigenvalue weighted by Crippen LogP contribution is -2.41. The van der Waals surface area contributed by atoms with E-state index in [1.54, 1.807) is 0 Å². The van der Waals surface area contributed by atoms with E-state index in [1.807, 2.05) is 13.0 Å². The molecule has 20 heavy (non-hydrogen) atoms. The van der Waals surface area contributed by atoms with E-state index >= 15 is 0 Å². The molecule has 0 N–H and O–H groups in total. The Morgan fingerprint density at radius 2 is 2.05 bits per heavy atom. The Bertz CT molecular complexity index is 485. The maximum absolute atomic E-state index is 11.5. The summed E-state index contributed by atoms with van der Waals surface area (Å²) >= 11 is 0. The second-order valence-corrected chi connectivity index (χ2v) is 11.5. The largest absolute Gasteiger partial charge is 0.464 e. The number of benzene rings is 1. The monoisotopic (exact) mass is 292 g/mol. The summed E-state index contributed by atoms with van der Waals surface area (Å²) in [5, 5.41) is 1.19. The number of carbonyl (C=O) groups excluding carboxylic acids is 1. The Balaban J connectivity index is 2.41. The maximum atomic E-state index is 11.5. The fraction of sp³-hybridized carbons (Fsp3) is 0.562. The highest BCUT2D eigenvalue weighted by Gasteiger charge is 2.26. The molecule has 0 spiro atoms. The number of hydrogen-bond donors (Lipinski definition) is 0. The lowest BCUT2D eigenvalue weighted by atomic mass is 10.1. The van der Waals surface area contributed by atoms with Crippen molar-refractivity contribution < 1.29 is 14.3 Å². The molecule has 0 aliphatic carbocycles. The van der Waals surface area contributed by atoms with Gasteiger partial charge < -0.3 is 9.47 Å². The molecule has 1 unspecified atom stereocenters. The Hall–Kier alpha value is -1.13. The van der Waals surface area contributed by atoms with Gasteiger partial charge in [0, 0.05) is 6.42 Å². The highest BCUT2D eigenvalue weighted by atomic mass is 28.3. The predicted octanol–water partition coefficient (Wildman–Crippen LogP) is 3.26. The molecule has 1 aromatic carbocycles. The SMILES string of the molecule is Cc1ccc([Si](C)(C)C)c(OC2CCCCO2)c1C=O. The van der Waals surface area contributed by atoms with Crippen molar-refractivity contribution >= 4 is 19.5 Å². The second-order valence-electron chi connectivity index (χ2n) is 6.45. The van der Waals surface area contributed by atoms with Crippen molar-refractivity contribution in [3.8, 4) is 5.75 Å². The van der Waals surface area contributed by atoms with E-state index in [0.29, 0.717) is 5.56 Å². The molecule has 110 valence electrons. The lowest BCUT2D eigenvalue weighted by molar-refractivity contribution is -0.105. The van der Waals surface area contributed by atoms with Crippen LogP contribution >= 0.6 is 0 Å². The van der Waals surface area contributed by atoms with E-state index in [9.17, 15) is 4.79 Å². The number of rotatable bonds is 4. The van der Waals surface area contributed by atoms with Crippen LogP contribution in [0.15, 0.2) is 12.1 Å². The predicted molar refractivity (Wildman–Crippen MR) is 83.8 cm³/mol. The van der Waals surface area contributed by atoms with Crippen LogP contribution in [-0.2, 0) is 4.74 Å². The van der Waals surface area contributed by atoms with Gasteiger partial charge >= 0.3 is 0 Å². The highest BCUT2D eigenvalue weighted by molar-refractivity contribution is 6.89. The number of aldehydes is 1. The summed E-state index contributed by atoms with van der Waals surface area (Å²) in [4.78, 5) is 11.5. The van der Waals surface area contributed by atoms with E-state index in [0.717, 1.165) is 43.5 Å². The zero-order chi connectivity index (χ0) is 14.8. The Kier molecular flexibility index (Phi) is 4.65.